The number of rotatable bonds is 7. The van der Waals surface area contributed by atoms with E-state index in [2.05, 4.69) is 15.3 Å². The van der Waals surface area contributed by atoms with Crippen molar-refractivity contribution in [3.63, 3.8) is 0 Å². The first kappa shape index (κ1) is 21.1. The third-order valence-corrected chi connectivity index (χ3v) is 3.86. The molecule has 2 N–H and O–H groups in total. The lowest BCUT2D eigenvalue weighted by Gasteiger charge is -2.15. The van der Waals surface area contributed by atoms with Crippen LogP contribution in [-0.4, -0.2) is 40.6 Å². The van der Waals surface area contributed by atoms with Crippen molar-refractivity contribution in [3.8, 4) is 5.75 Å². The lowest BCUT2D eigenvalue weighted by Crippen LogP contribution is -2.35. The maximum atomic E-state index is 12.8. The number of nitrogens with zero attached hydrogens (tertiary/aromatic N) is 2. The van der Waals surface area contributed by atoms with Gasteiger partial charge in [-0.2, -0.15) is 13.2 Å². The number of aryl methyl sites for hydroxylation is 1. The molecule has 0 aliphatic heterocycles. The van der Waals surface area contributed by atoms with Gasteiger partial charge in [0.25, 0.3) is 5.91 Å². The summed E-state index contributed by atoms with van der Waals surface area (Å²) in [5, 5.41) is 11.7. The second-order valence-electron chi connectivity index (χ2n) is 5.98. The Morgan fingerprint density at radius 1 is 1.25 bits per heavy atom. The number of carboxylic acid groups (broad SMARTS) is 1. The third kappa shape index (κ3) is 5.41. The van der Waals surface area contributed by atoms with E-state index in [4.69, 9.17) is 4.74 Å². The molecule has 0 radical (unpaired) electrons. The van der Waals surface area contributed by atoms with Crippen molar-refractivity contribution in [1.29, 1.82) is 0 Å². The monoisotopic (exact) mass is 397 g/mol. The van der Waals surface area contributed by atoms with E-state index < -0.39 is 35.5 Å². The number of amides is 1. The Hall–Kier alpha value is -3.17. The number of nitrogens with one attached hydrogen (secondary N) is 1. The Bertz CT molecular complexity index is 871. The molecule has 2 aromatic rings. The number of methoxy groups -OCH3 is 1. The molecule has 0 aliphatic rings. The summed E-state index contributed by atoms with van der Waals surface area (Å²) in [6.07, 6.45) is -4.73. The first-order valence-electron chi connectivity index (χ1n) is 8.17. The van der Waals surface area contributed by atoms with Crippen LogP contribution in [0.15, 0.2) is 30.3 Å². The zero-order chi connectivity index (χ0) is 20.9. The largest absolute Gasteiger partial charge is 0.496 e. The Morgan fingerprint density at radius 2 is 1.93 bits per heavy atom. The molecule has 0 saturated heterocycles. The van der Waals surface area contributed by atoms with Crippen molar-refractivity contribution < 1.29 is 32.6 Å². The van der Waals surface area contributed by atoms with Gasteiger partial charge in [0.1, 0.15) is 11.4 Å². The van der Waals surface area contributed by atoms with Crippen LogP contribution >= 0.6 is 0 Å². The second kappa shape index (κ2) is 8.68. The molecule has 0 spiro atoms. The van der Waals surface area contributed by atoms with Crippen LogP contribution in [0.4, 0.5) is 13.2 Å². The number of carboxylic acids is 1. The van der Waals surface area contributed by atoms with Crippen LogP contribution in [0.5, 0.6) is 5.75 Å². The Kier molecular flexibility index (Phi) is 6.55. The maximum absolute atomic E-state index is 12.8. The van der Waals surface area contributed by atoms with Gasteiger partial charge in [-0.15, -0.1) is 0 Å². The van der Waals surface area contributed by atoms with E-state index >= 15 is 0 Å². The van der Waals surface area contributed by atoms with Crippen molar-refractivity contribution in [2.24, 2.45) is 5.92 Å². The van der Waals surface area contributed by atoms with Crippen LogP contribution < -0.4 is 10.1 Å². The van der Waals surface area contributed by atoms with Crippen LogP contribution in [0.25, 0.3) is 0 Å². The molecule has 1 unspecified atom stereocenters. The van der Waals surface area contributed by atoms with E-state index in [-0.39, 0.29) is 18.7 Å². The number of hydrogen-bond donors (Lipinski definition) is 2. The van der Waals surface area contributed by atoms with E-state index in [1.54, 1.807) is 24.3 Å². The molecule has 0 saturated carbocycles. The van der Waals surface area contributed by atoms with Crippen LogP contribution in [0.1, 0.15) is 27.6 Å². The molecule has 1 atom stereocenters. The lowest BCUT2D eigenvalue weighted by molar-refractivity contribution is -0.145. The predicted octanol–water partition coefficient (Wildman–Crippen LogP) is 2.49. The summed E-state index contributed by atoms with van der Waals surface area (Å²) in [6.45, 7) is 1.01. The second-order valence-corrected chi connectivity index (χ2v) is 5.98. The molecule has 28 heavy (non-hydrogen) atoms. The van der Waals surface area contributed by atoms with E-state index in [9.17, 15) is 27.9 Å². The number of aromatic nitrogens is 2. The minimum atomic E-state index is -4.80. The SMILES string of the molecule is COc1ccccc1CC(CNC(=O)c1cc(C)nc(C(F)(F)F)n1)C(=O)O. The summed E-state index contributed by atoms with van der Waals surface area (Å²) in [5.74, 6) is -4.02. The fourth-order valence-corrected chi connectivity index (χ4v) is 2.50. The highest BCUT2D eigenvalue weighted by molar-refractivity contribution is 5.92. The number of alkyl halides is 3. The summed E-state index contributed by atoms with van der Waals surface area (Å²) in [4.78, 5) is 30.2. The van der Waals surface area contributed by atoms with Crippen molar-refractivity contribution >= 4 is 11.9 Å². The molecule has 7 nitrogen and oxygen atoms in total. The molecule has 0 aliphatic carbocycles. The molecule has 0 bridgehead atoms. The third-order valence-electron chi connectivity index (χ3n) is 3.86. The average Bonchev–Trinajstić information content (AvgIpc) is 2.63. The van der Waals surface area contributed by atoms with Gasteiger partial charge in [0, 0.05) is 12.2 Å². The standard InChI is InChI=1S/C18H18F3N3O4/c1-10-7-13(24-17(23-10)18(19,20)21)15(25)22-9-12(16(26)27)8-11-5-3-4-6-14(11)28-2/h3-7,12H,8-9H2,1-2H3,(H,22,25)(H,26,27). The minimum absolute atomic E-state index is 0.0312. The number of hydrogen-bond acceptors (Lipinski definition) is 5. The number of carbonyl (C=O) groups is 2. The van der Waals surface area contributed by atoms with Gasteiger partial charge >= 0.3 is 12.1 Å². The first-order chi connectivity index (χ1) is 13.1. The number of aliphatic carboxylic acids is 1. The highest BCUT2D eigenvalue weighted by Gasteiger charge is 2.35. The zero-order valence-electron chi connectivity index (χ0n) is 15.1. The van der Waals surface area contributed by atoms with Gasteiger partial charge in [-0.25, -0.2) is 9.97 Å². The number of benzene rings is 1. The quantitative estimate of drug-likeness (QED) is 0.744. The van der Waals surface area contributed by atoms with E-state index in [1.807, 2.05) is 0 Å². The molecule has 10 heteroatoms. The van der Waals surface area contributed by atoms with Crippen molar-refractivity contribution in [2.45, 2.75) is 19.5 Å². The summed E-state index contributed by atoms with van der Waals surface area (Å²) < 4.78 is 43.6. The van der Waals surface area contributed by atoms with E-state index in [0.29, 0.717) is 11.3 Å². The molecule has 150 valence electrons. The molecular weight excluding hydrogens is 379 g/mol. The predicted molar refractivity (Wildman–Crippen MR) is 91.9 cm³/mol. The summed E-state index contributed by atoms with van der Waals surface area (Å²) in [5.41, 5.74) is 0.112. The molecule has 1 aromatic heterocycles. The molecule has 1 amide bonds. The van der Waals surface area contributed by atoms with E-state index in [1.165, 1.54) is 14.0 Å². The smallest absolute Gasteiger partial charge is 0.451 e. The van der Waals surface area contributed by atoms with Gasteiger partial charge in [-0.05, 0) is 31.0 Å². The van der Waals surface area contributed by atoms with E-state index in [0.717, 1.165) is 6.07 Å². The first-order valence-corrected chi connectivity index (χ1v) is 8.17. The highest BCUT2D eigenvalue weighted by Crippen LogP contribution is 2.26. The van der Waals surface area contributed by atoms with Crippen LogP contribution in [-0.2, 0) is 17.4 Å². The molecule has 1 aromatic carbocycles. The maximum Gasteiger partial charge on any atom is 0.451 e. The van der Waals surface area contributed by atoms with Gasteiger partial charge in [-0.1, -0.05) is 18.2 Å². The Balaban J connectivity index is 2.13. The lowest BCUT2D eigenvalue weighted by atomic mass is 9.98. The van der Waals surface area contributed by atoms with Gasteiger partial charge in [0.2, 0.25) is 5.82 Å². The molecule has 2 rings (SSSR count). The van der Waals surface area contributed by atoms with Crippen molar-refractivity contribution in [2.75, 3.05) is 13.7 Å². The molecule has 1 heterocycles. The number of halogens is 3. The zero-order valence-corrected chi connectivity index (χ0v) is 15.1. The minimum Gasteiger partial charge on any atom is -0.496 e. The van der Waals surface area contributed by atoms with Crippen LogP contribution in [0.2, 0.25) is 0 Å². The molecule has 0 fully saturated rings. The number of ether oxygens (including phenoxy) is 1. The fraction of sp³-hybridized carbons (Fsp3) is 0.333. The van der Waals surface area contributed by atoms with Crippen molar-refractivity contribution in [1.82, 2.24) is 15.3 Å². The summed E-state index contributed by atoms with van der Waals surface area (Å²) in [6, 6.07) is 7.92. The van der Waals surface area contributed by atoms with Crippen LogP contribution in [0.3, 0.4) is 0 Å². The van der Waals surface area contributed by atoms with Gasteiger partial charge in [0.05, 0.1) is 13.0 Å². The summed E-state index contributed by atoms with van der Waals surface area (Å²) >= 11 is 0. The highest BCUT2D eigenvalue weighted by atomic mass is 19.4. The molecular formula is C18H18F3N3O4. The number of para-hydroxylation sites is 1. The topological polar surface area (TPSA) is 101 Å². The fourth-order valence-electron chi connectivity index (χ4n) is 2.50. The Labute approximate surface area is 158 Å². The van der Waals surface area contributed by atoms with Gasteiger partial charge < -0.3 is 15.2 Å². The Morgan fingerprint density at radius 3 is 2.54 bits per heavy atom. The van der Waals surface area contributed by atoms with Gasteiger partial charge in [0.15, 0.2) is 0 Å². The summed E-state index contributed by atoms with van der Waals surface area (Å²) in [7, 11) is 1.45. The normalized spacial score (nSPS) is 12.3. The average molecular weight is 397 g/mol. The van der Waals surface area contributed by atoms with Crippen molar-refractivity contribution in [3.05, 3.63) is 53.1 Å². The van der Waals surface area contributed by atoms with Gasteiger partial charge in [-0.3, -0.25) is 9.59 Å². The number of carbonyl (C=O) groups excluding carboxylic acids is 1. The van der Waals surface area contributed by atoms with Crippen LogP contribution in [0, 0.1) is 12.8 Å².